The fourth-order valence-corrected chi connectivity index (χ4v) is 12.6. The molecule has 274 valence electrons. The van der Waals surface area contributed by atoms with Gasteiger partial charge in [0.2, 0.25) is 5.91 Å². The van der Waals surface area contributed by atoms with Gasteiger partial charge in [-0.25, -0.2) is 4.79 Å². The van der Waals surface area contributed by atoms with Crippen LogP contribution in [0.2, 0.25) is 0 Å². The molecule has 11 heteroatoms. The van der Waals surface area contributed by atoms with E-state index in [-0.39, 0.29) is 53.4 Å². The number of aliphatic hydroxyl groups is 2. The molecule has 1 unspecified atom stereocenters. The van der Waals surface area contributed by atoms with Crippen molar-refractivity contribution < 1.29 is 38.7 Å². The number of benzene rings is 1. The minimum atomic E-state index is -1.50. The average Bonchev–Trinajstić information content (AvgIpc) is 3.57. The largest absolute Gasteiger partial charge is 0.454 e. The van der Waals surface area contributed by atoms with Crippen molar-refractivity contribution >= 4 is 23.6 Å². The first kappa shape index (κ1) is 34.9. The first-order valence-electron chi connectivity index (χ1n) is 18.6. The number of nitrogens with zero attached hydrogens (tertiary/aromatic N) is 2. The Labute approximate surface area is 299 Å². The third-order valence-electron chi connectivity index (χ3n) is 14.2. The lowest BCUT2D eigenvalue weighted by molar-refractivity contribution is -0.337. The van der Waals surface area contributed by atoms with Crippen LogP contribution in [0.5, 0.6) is 0 Å². The van der Waals surface area contributed by atoms with Crippen LogP contribution in [0.1, 0.15) is 67.6 Å². The molecule has 5 aliphatic carbocycles. The molecule has 1 amide bonds. The molecule has 2 heterocycles. The smallest absolute Gasteiger partial charge is 0.340 e. The highest BCUT2D eigenvalue weighted by Gasteiger charge is 2.89. The number of pyridine rings is 1. The van der Waals surface area contributed by atoms with Crippen molar-refractivity contribution in [2.75, 3.05) is 39.7 Å². The Bertz CT molecular complexity index is 1740. The number of rotatable bonds is 10. The molecule has 6 aliphatic rings. The SMILES string of the molecule is CCc1ccnc(/C=C/C(=O)Nc2ccccc2C(=O)O[C@@]23CC[C@H](OC)[C@]45C([C@@H](C[C@H]24)[C@@]2(O)C[C@H](OC)[C@H]4C[C@@H]5[C@]2(O)[C@H]4OC)N(CC)C3)c1. The normalized spacial score (nSPS) is 41.9. The molecule has 11 nitrogen and oxygen atoms in total. The number of carbonyl (C=O) groups is 2. The number of esters is 1. The van der Waals surface area contributed by atoms with E-state index in [0.717, 1.165) is 12.0 Å². The number of piperidine rings is 1. The number of hydrogen-bond donors (Lipinski definition) is 3. The van der Waals surface area contributed by atoms with Gasteiger partial charge in [0, 0.05) is 81.7 Å². The summed E-state index contributed by atoms with van der Waals surface area (Å²) in [6, 6.07) is 10.7. The second-order valence-corrected chi connectivity index (χ2v) is 15.8. The van der Waals surface area contributed by atoms with Gasteiger partial charge in [0.15, 0.2) is 0 Å². The maximum absolute atomic E-state index is 14.4. The quantitative estimate of drug-likeness (QED) is 0.247. The fourth-order valence-electron chi connectivity index (χ4n) is 12.6. The van der Waals surface area contributed by atoms with E-state index in [4.69, 9.17) is 18.9 Å². The predicted octanol–water partition coefficient (Wildman–Crippen LogP) is 3.87. The highest BCUT2D eigenvalue weighted by atomic mass is 16.6. The van der Waals surface area contributed by atoms with Crippen molar-refractivity contribution in [3.05, 3.63) is 65.5 Å². The molecule has 3 N–H and O–H groups in total. The monoisotopic (exact) mass is 701 g/mol. The number of aryl methyl sites for hydroxylation is 1. The van der Waals surface area contributed by atoms with Crippen molar-refractivity contribution in [1.82, 2.24) is 9.88 Å². The van der Waals surface area contributed by atoms with Crippen LogP contribution in [0, 0.1) is 29.1 Å². The Kier molecular flexibility index (Phi) is 8.52. The van der Waals surface area contributed by atoms with Crippen LogP contribution in [-0.4, -0.2) is 108 Å². The van der Waals surface area contributed by atoms with E-state index in [0.29, 0.717) is 56.6 Å². The van der Waals surface area contributed by atoms with Gasteiger partial charge in [0.05, 0.1) is 35.3 Å². The summed E-state index contributed by atoms with van der Waals surface area (Å²) in [5.74, 6) is -1.81. The zero-order valence-corrected chi connectivity index (χ0v) is 30.2. The van der Waals surface area contributed by atoms with E-state index < -0.39 is 34.3 Å². The number of hydrogen-bond acceptors (Lipinski definition) is 10. The number of methoxy groups -OCH3 is 3. The number of carbonyl (C=O) groups excluding carboxylic acids is 2. The third kappa shape index (κ3) is 4.61. The molecule has 51 heavy (non-hydrogen) atoms. The Balaban J connectivity index is 1.14. The average molecular weight is 702 g/mol. The number of anilines is 1. The van der Waals surface area contributed by atoms with Gasteiger partial charge >= 0.3 is 5.97 Å². The minimum Gasteiger partial charge on any atom is -0.454 e. The summed E-state index contributed by atoms with van der Waals surface area (Å²) in [4.78, 5) is 34.3. The fraction of sp³-hybridized carbons (Fsp3) is 0.625. The number of amides is 1. The molecule has 6 fully saturated rings. The molecule has 1 saturated heterocycles. The zero-order chi connectivity index (χ0) is 35.9. The highest BCUT2D eigenvalue weighted by Crippen LogP contribution is 2.79. The molecular weight excluding hydrogens is 650 g/mol. The van der Waals surface area contributed by atoms with E-state index in [1.807, 2.05) is 12.1 Å². The molecule has 1 aromatic carbocycles. The van der Waals surface area contributed by atoms with Crippen LogP contribution in [-0.2, 0) is 30.2 Å². The Morgan fingerprint density at radius 1 is 1.06 bits per heavy atom. The minimum absolute atomic E-state index is 0.0717. The van der Waals surface area contributed by atoms with Gasteiger partial charge in [0.25, 0.3) is 0 Å². The van der Waals surface area contributed by atoms with Gasteiger partial charge in [-0.15, -0.1) is 0 Å². The van der Waals surface area contributed by atoms with E-state index in [1.54, 1.807) is 57.9 Å². The Hall–Kier alpha value is -3.19. The van der Waals surface area contributed by atoms with Crippen molar-refractivity contribution in [2.24, 2.45) is 29.1 Å². The first-order valence-corrected chi connectivity index (χ1v) is 18.6. The molecule has 8 rings (SSSR count). The van der Waals surface area contributed by atoms with E-state index >= 15 is 0 Å². The lowest BCUT2D eigenvalue weighted by atomic mass is 9.44. The maximum atomic E-state index is 14.4. The van der Waals surface area contributed by atoms with Gasteiger partial charge in [-0.2, -0.15) is 0 Å². The molecule has 1 aromatic heterocycles. The standard InChI is InChI=1S/C40H51N3O8/c1-6-23-15-17-41-24(18-23)12-13-33(44)42-28-11-9-8-10-25(28)36(45)51-37-16-14-32(49-4)39-30(37)20-27(34(39)43(7-2)22-37)38(46)21-29(48-3)26-19-31(39)40(38,47)35(26)50-5/h8-13,15,17-18,26-27,29-32,34-35,46-47H,6-7,14,16,19-22H2,1-5H3,(H,42,44)/b13-12+/t26-,27-,29+,30-,31+,32+,34?,35+,37-,38+,39+,40+/m1/s1. The van der Waals surface area contributed by atoms with Gasteiger partial charge in [-0.3, -0.25) is 14.7 Å². The third-order valence-corrected chi connectivity index (χ3v) is 14.2. The zero-order valence-electron chi connectivity index (χ0n) is 30.2. The number of aromatic nitrogens is 1. The second-order valence-electron chi connectivity index (χ2n) is 15.8. The van der Waals surface area contributed by atoms with Crippen LogP contribution in [0.4, 0.5) is 5.69 Å². The number of fused-ring (bicyclic) bond motifs is 2. The number of ether oxygens (including phenoxy) is 4. The summed E-state index contributed by atoms with van der Waals surface area (Å²) >= 11 is 0. The van der Waals surface area contributed by atoms with Gasteiger partial charge in [-0.1, -0.05) is 26.0 Å². The topological polar surface area (TPSA) is 140 Å². The van der Waals surface area contributed by atoms with Crippen LogP contribution in [0.3, 0.4) is 0 Å². The van der Waals surface area contributed by atoms with Crippen molar-refractivity contribution in [3.63, 3.8) is 0 Å². The lowest BCUT2D eigenvalue weighted by Crippen LogP contribution is -2.83. The van der Waals surface area contributed by atoms with Crippen LogP contribution in [0.15, 0.2) is 48.7 Å². The molecule has 7 bridgehead atoms. The Morgan fingerprint density at radius 2 is 1.86 bits per heavy atom. The van der Waals surface area contributed by atoms with E-state index in [1.165, 1.54) is 6.08 Å². The summed E-state index contributed by atoms with van der Waals surface area (Å²) in [7, 11) is 5.06. The summed E-state index contributed by atoms with van der Waals surface area (Å²) in [5.41, 5.74) is -2.02. The van der Waals surface area contributed by atoms with Crippen molar-refractivity contribution in [2.45, 2.75) is 93.5 Å². The molecule has 0 radical (unpaired) electrons. The lowest BCUT2D eigenvalue weighted by Gasteiger charge is -2.70. The second kappa shape index (κ2) is 12.5. The first-order chi connectivity index (χ1) is 24.6. The molecule has 1 spiro atoms. The van der Waals surface area contributed by atoms with Crippen LogP contribution < -0.4 is 5.32 Å². The number of para-hydroxylation sites is 1. The number of likely N-dealkylation sites (tertiary alicyclic amines) is 1. The summed E-state index contributed by atoms with van der Waals surface area (Å²) < 4.78 is 25.3. The number of nitrogens with one attached hydrogen (secondary N) is 1. The summed E-state index contributed by atoms with van der Waals surface area (Å²) in [6.07, 6.45) is 7.38. The molecule has 5 saturated carbocycles. The van der Waals surface area contributed by atoms with E-state index in [2.05, 4.69) is 29.0 Å². The van der Waals surface area contributed by atoms with Crippen LogP contribution in [0.25, 0.3) is 6.08 Å². The van der Waals surface area contributed by atoms with E-state index in [9.17, 15) is 19.8 Å². The summed E-state index contributed by atoms with van der Waals surface area (Å²) in [5, 5.41) is 28.8. The number of likely N-dealkylation sites (N-methyl/N-ethyl adjacent to an activating group) is 1. The molecule has 1 aliphatic heterocycles. The maximum Gasteiger partial charge on any atom is 0.340 e. The molecule has 2 aromatic rings. The predicted molar refractivity (Wildman–Crippen MR) is 189 cm³/mol. The Morgan fingerprint density at radius 3 is 2.59 bits per heavy atom. The van der Waals surface area contributed by atoms with Gasteiger partial charge < -0.3 is 34.5 Å². The van der Waals surface area contributed by atoms with Gasteiger partial charge in [-0.05, 0) is 74.6 Å². The molecule has 12 atom stereocenters. The van der Waals surface area contributed by atoms with Crippen LogP contribution >= 0.6 is 0 Å². The van der Waals surface area contributed by atoms with Gasteiger partial charge in [0.1, 0.15) is 16.8 Å². The van der Waals surface area contributed by atoms with Crippen molar-refractivity contribution in [1.29, 1.82) is 0 Å². The summed E-state index contributed by atoms with van der Waals surface area (Å²) in [6.45, 7) is 5.38. The van der Waals surface area contributed by atoms with Crippen molar-refractivity contribution in [3.8, 4) is 0 Å². The molecular formula is C40H51N3O8. The highest BCUT2D eigenvalue weighted by molar-refractivity contribution is 6.06.